The first-order valence-corrected chi connectivity index (χ1v) is 6.09. The molecule has 18 heavy (non-hydrogen) atoms. The van der Waals surface area contributed by atoms with Gasteiger partial charge in [0.15, 0.2) is 0 Å². The SMILES string of the molecule is CON(C)C(=O)Nc1cc(-c2ccccc2)ns1. The number of hydroxylamine groups is 2. The van der Waals surface area contributed by atoms with Crippen LogP contribution in [0, 0.1) is 0 Å². The minimum Gasteiger partial charge on any atom is -0.296 e. The van der Waals surface area contributed by atoms with Gasteiger partial charge in [-0.05, 0) is 11.5 Å². The monoisotopic (exact) mass is 263 g/mol. The number of aromatic nitrogens is 1. The highest BCUT2D eigenvalue weighted by Gasteiger charge is 2.10. The van der Waals surface area contributed by atoms with Crippen LogP contribution in [-0.2, 0) is 4.84 Å². The first-order valence-electron chi connectivity index (χ1n) is 5.31. The lowest BCUT2D eigenvalue weighted by Gasteiger charge is -2.12. The Labute approximate surface area is 109 Å². The molecule has 0 spiro atoms. The van der Waals surface area contributed by atoms with Crippen molar-refractivity contribution in [3.8, 4) is 11.3 Å². The summed E-state index contributed by atoms with van der Waals surface area (Å²) in [6.45, 7) is 0. The van der Waals surface area contributed by atoms with Crippen LogP contribution in [0.15, 0.2) is 36.4 Å². The summed E-state index contributed by atoms with van der Waals surface area (Å²) in [5, 5.41) is 4.50. The van der Waals surface area contributed by atoms with Gasteiger partial charge in [-0.3, -0.25) is 10.2 Å². The quantitative estimate of drug-likeness (QED) is 0.866. The molecule has 0 aliphatic heterocycles. The van der Waals surface area contributed by atoms with Crippen molar-refractivity contribution in [3.63, 3.8) is 0 Å². The number of amides is 2. The second-order valence-corrected chi connectivity index (χ2v) is 4.36. The summed E-state index contributed by atoms with van der Waals surface area (Å²) in [4.78, 5) is 16.3. The molecule has 0 aliphatic carbocycles. The van der Waals surface area contributed by atoms with Crippen molar-refractivity contribution in [1.82, 2.24) is 9.44 Å². The van der Waals surface area contributed by atoms with Crippen molar-refractivity contribution >= 4 is 22.6 Å². The standard InChI is InChI=1S/C12H13N3O2S/c1-15(17-2)12(16)13-11-8-10(14-18-11)9-6-4-3-5-7-9/h3-8H,1-2H3,(H,13,16). The van der Waals surface area contributed by atoms with Crippen LogP contribution < -0.4 is 5.32 Å². The number of carbonyl (C=O) groups is 1. The maximum atomic E-state index is 11.6. The highest BCUT2D eigenvalue weighted by Crippen LogP contribution is 2.25. The summed E-state index contributed by atoms with van der Waals surface area (Å²) in [7, 11) is 2.97. The minimum atomic E-state index is -0.333. The van der Waals surface area contributed by atoms with Gasteiger partial charge in [0.1, 0.15) is 5.00 Å². The van der Waals surface area contributed by atoms with Crippen LogP contribution in [0.25, 0.3) is 11.3 Å². The fourth-order valence-electron chi connectivity index (χ4n) is 1.35. The number of nitrogens with one attached hydrogen (secondary N) is 1. The van der Waals surface area contributed by atoms with Crippen LogP contribution in [0.4, 0.5) is 9.80 Å². The van der Waals surface area contributed by atoms with E-state index in [2.05, 4.69) is 9.69 Å². The van der Waals surface area contributed by atoms with Crippen LogP contribution in [-0.4, -0.2) is 29.6 Å². The Morgan fingerprint density at radius 3 is 2.78 bits per heavy atom. The molecule has 94 valence electrons. The average Bonchev–Trinajstić information content (AvgIpc) is 2.87. The molecule has 0 aliphatic rings. The molecule has 0 unspecified atom stereocenters. The summed E-state index contributed by atoms with van der Waals surface area (Å²) in [6, 6.07) is 11.3. The molecule has 1 aromatic heterocycles. The third kappa shape index (κ3) is 2.85. The van der Waals surface area contributed by atoms with Gasteiger partial charge < -0.3 is 0 Å². The minimum absolute atomic E-state index is 0.333. The van der Waals surface area contributed by atoms with Gasteiger partial charge in [-0.25, -0.2) is 9.86 Å². The van der Waals surface area contributed by atoms with Gasteiger partial charge in [-0.1, -0.05) is 30.3 Å². The van der Waals surface area contributed by atoms with Gasteiger partial charge in [0, 0.05) is 18.7 Å². The zero-order chi connectivity index (χ0) is 13.0. The molecule has 6 heteroatoms. The summed E-state index contributed by atoms with van der Waals surface area (Å²) in [6.07, 6.45) is 0. The van der Waals surface area contributed by atoms with Crippen LogP contribution >= 0.6 is 11.5 Å². The number of benzene rings is 1. The second-order valence-electron chi connectivity index (χ2n) is 3.55. The Morgan fingerprint density at radius 2 is 2.11 bits per heavy atom. The summed E-state index contributed by atoms with van der Waals surface area (Å²) in [5.74, 6) is 0. The smallest absolute Gasteiger partial charge is 0.296 e. The molecular weight excluding hydrogens is 250 g/mol. The lowest BCUT2D eigenvalue weighted by molar-refractivity contribution is -0.0597. The molecule has 0 radical (unpaired) electrons. The fourth-order valence-corrected chi connectivity index (χ4v) is 2.00. The van der Waals surface area contributed by atoms with Gasteiger partial charge in [-0.15, -0.1) is 0 Å². The second kappa shape index (κ2) is 5.61. The van der Waals surface area contributed by atoms with E-state index in [-0.39, 0.29) is 6.03 Å². The Kier molecular flexibility index (Phi) is 3.91. The Morgan fingerprint density at radius 1 is 1.39 bits per heavy atom. The molecule has 0 saturated heterocycles. The number of rotatable bonds is 3. The first kappa shape index (κ1) is 12.5. The Balaban J connectivity index is 2.10. The van der Waals surface area contributed by atoms with Crippen molar-refractivity contribution in [2.45, 2.75) is 0 Å². The van der Waals surface area contributed by atoms with Crippen molar-refractivity contribution in [3.05, 3.63) is 36.4 Å². The number of hydrogen-bond acceptors (Lipinski definition) is 4. The highest BCUT2D eigenvalue weighted by molar-refractivity contribution is 7.10. The van der Waals surface area contributed by atoms with E-state index in [1.807, 2.05) is 36.4 Å². The summed E-state index contributed by atoms with van der Waals surface area (Å²) >= 11 is 1.24. The van der Waals surface area contributed by atoms with Crippen molar-refractivity contribution in [2.24, 2.45) is 0 Å². The van der Waals surface area contributed by atoms with Crippen LogP contribution in [0.2, 0.25) is 0 Å². The molecular formula is C12H13N3O2S. The number of carbonyl (C=O) groups excluding carboxylic acids is 1. The molecule has 2 rings (SSSR count). The third-order valence-corrected chi connectivity index (χ3v) is 3.07. The molecule has 2 aromatic rings. The van der Waals surface area contributed by atoms with E-state index in [0.29, 0.717) is 5.00 Å². The molecule has 5 nitrogen and oxygen atoms in total. The molecule has 0 atom stereocenters. The van der Waals surface area contributed by atoms with E-state index in [1.165, 1.54) is 25.7 Å². The van der Waals surface area contributed by atoms with Gasteiger partial charge in [0.05, 0.1) is 12.8 Å². The van der Waals surface area contributed by atoms with E-state index in [1.54, 1.807) is 0 Å². The lowest BCUT2D eigenvalue weighted by Crippen LogP contribution is -2.29. The van der Waals surface area contributed by atoms with Gasteiger partial charge in [0.25, 0.3) is 0 Å². The fraction of sp³-hybridized carbons (Fsp3) is 0.167. The van der Waals surface area contributed by atoms with Gasteiger partial charge in [0.2, 0.25) is 0 Å². The molecule has 0 bridgehead atoms. The third-order valence-electron chi connectivity index (χ3n) is 2.37. The highest BCUT2D eigenvalue weighted by atomic mass is 32.1. The molecule has 1 N–H and O–H groups in total. The number of urea groups is 1. The largest absolute Gasteiger partial charge is 0.346 e. The summed E-state index contributed by atoms with van der Waals surface area (Å²) < 4.78 is 4.29. The Bertz CT molecular complexity index is 527. The van der Waals surface area contributed by atoms with Crippen molar-refractivity contribution < 1.29 is 9.63 Å². The zero-order valence-electron chi connectivity index (χ0n) is 10.1. The number of hydrogen-bond donors (Lipinski definition) is 1. The maximum absolute atomic E-state index is 11.6. The van der Waals surface area contributed by atoms with Crippen LogP contribution in [0.1, 0.15) is 0 Å². The average molecular weight is 263 g/mol. The lowest BCUT2D eigenvalue weighted by atomic mass is 10.2. The molecule has 2 amide bonds. The normalized spacial score (nSPS) is 10.1. The predicted molar refractivity (Wildman–Crippen MR) is 71.3 cm³/mol. The maximum Gasteiger partial charge on any atom is 0.346 e. The predicted octanol–water partition coefficient (Wildman–Crippen LogP) is 2.84. The number of anilines is 1. The Hall–Kier alpha value is -1.92. The van der Waals surface area contributed by atoms with E-state index < -0.39 is 0 Å². The molecule has 1 aromatic carbocycles. The topological polar surface area (TPSA) is 54.5 Å². The van der Waals surface area contributed by atoms with E-state index in [9.17, 15) is 4.79 Å². The van der Waals surface area contributed by atoms with Crippen LogP contribution in [0.3, 0.4) is 0 Å². The van der Waals surface area contributed by atoms with Gasteiger partial charge in [-0.2, -0.15) is 4.37 Å². The van der Waals surface area contributed by atoms with E-state index >= 15 is 0 Å². The van der Waals surface area contributed by atoms with E-state index in [4.69, 9.17) is 4.84 Å². The molecule has 0 saturated carbocycles. The number of nitrogens with zero attached hydrogens (tertiary/aromatic N) is 2. The first-order chi connectivity index (χ1) is 8.70. The molecule has 0 fully saturated rings. The van der Waals surface area contributed by atoms with Crippen molar-refractivity contribution in [2.75, 3.05) is 19.5 Å². The summed E-state index contributed by atoms with van der Waals surface area (Å²) in [5.41, 5.74) is 1.87. The molecule has 1 heterocycles. The van der Waals surface area contributed by atoms with Gasteiger partial charge >= 0.3 is 6.03 Å². The zero-order valence-corrected chi connectivity index (χ0v) is 10.9. The van der Waals surface area contributed by atoms with Crippen LogP contribution in [0.5, 0.6) is 0 Å². The van der Waals surface area contributed by atoms with E-state index in [0.717, 1.165) is 16.3 Å². The van der Waals surface area contributed by atoms with Crippen molar-refractivity contribution in [1.29, 1.82) is 0 Å².